The maximum Gasteiger partial charge on any atom is 0.138 e. The van der Waals surface area contributed by atoms with E-state index in [0.29, 0.717) is 22.5 Å². The fourth-order valence-corrected chi connectivity index (χ4v) is 2.97. The predicted octanol–water partition coefficient (Wildman–Crippen LogP) is 3.13. The summed E-state index contributed by atoms with van der Waals surface area (Å²) in [5.74, 6) is 0.843. The van der Waals surface area contributed by atoms with Gasteiger partial charge in [-0.1, -0.05) is 23.2 Å². The summed E-state index contributed by atoms with van der Waals surface area (Å²) in [5.41, 5.74) is 0.755. The molecule has 0 saturated carbocycles. The van der Waals surface area contributed by atoms with Gasteiger partial charge in [0.05, 0.1) is 5.02 Å². The van der Waals surface area contributed by atoms with E-state index in [1.165, 1.54) is 25.9 Å². The molecule has 1 heterocycles. The van der Waals surface area contributed by atoms with Crippen LogP contribution in [0.5, 0.6) is 5.75 Å². The minimum Gasteiger partial charge on any atom is -0.506 e. The zero-order valence-corrected chi connectivity index (χ0v) is 12.6. The van der Waals surface area contributed by atoms with Crippen LogP contribution >= 0.6 is 23.2 Å². The highest BCUT2D eigenvalue weighted by Crippen LogP contribution is 2.31. The van der Waals surface area contributed by atoms with Crippen molar-refractivity contribution in [3.63, 3.8) is 0 Å². The molecule has 1 aromatic carbocycles. The predicted molar refractivity (Wildman–Crippen MR) is 80.1 cm³/mol. The second-order valence-corrected chi connectivity index (χ2v) is 6.12. The van der Waals surface area contributed by atoms with Crippen LogP contribution in [0, 0.1) is 5.92 Å². The summed E-state index contributed by atoms with van der Waals surface area (Å²) in [4.78, 5) is 2.36. The molecule has 0 amide bonds. The van der Waals surface area contributed by atoms with Crippen LogP contribution in [0.2, 0.25) is 10.0 Å². The zero-order valence-electron chi connectivity index (χ0n) is 11.1. The lowest BCUT2D eigenvalue weighted by molar-refractivity contribution is 0.216. The summed E-state index contributed by atoms with van der Waals surface area (Å²) in [6, 6.07) is 3.31. The second-order valence-electron chi connectivity index (χ2n) is 5.27. The molecule has 0 radical (unpaired) electrons. The van der Waals surface area contributed by atoms with Crippen molar-refractivity contribution in [2.45, 2.75) is 19.4 Å². The average Bonchev–Trinajstić information content (AvgIpc) is 2.37. The molecule has 1 aliphatic rings. The highest BCUT2D eigenvalue weighted by Gasteiger charge is 2.16. The molecule has 1 fully saturated rings. The van der Waals surface area contributed by atoms with Crippen molar-refractivity contribution < 1.29 is 5.11 Å². The Hall–Kier alpha value is -0.480. The van der Waals surface area contributed by atoms with E-state index in [4.69, 9.17) is 23.2 Å². The minimum absolute atomic E-state index is 0.127. The number of likely N-dealkylation sites (tertiary alicyclic amines) is 1. The lowest BCUT2D eigenvalue weighted by Gasteiger charge is -2.29. The Morgan fingerprint density at radius 1 is 1.32 bits per heavy atom. The Kier molecular flexibility index (Phi) is 5.34. The Labute approximate surface area is 124 Å². The van der Waals surface area contributed by atoms with Crippen LogP contribution in [0.25, 0.3) is 0 Å². The van der Waals surface area contributed by atoms with E-state index in [1.54, 1.807) is 12.1 Å². The Morgan fingerprint density at radius 3 is 2.68 bits per heavy atom. The Balaban J connectivity index is 1.83. The lowest BCUT2D eigenvalue weighted by Crippen LogP contribution is -2.34. The SMILES string of the molecule is CN1CCC(CNCc2cc(Cl)cc(Cl)c2O)CC1. The fourth-order valence-electron chi connectivity index (χ4n) is 2.43. The normalized spacial score (nSPS) is 17.8. The first kappa shape index (κ1) is 14.9. The first-order chi connectivity index (χ1) is 9.06. The molecule has 1 saturated heterocycles. The number of hydrogen-bond donors (Lipinski definition) is 2. The summed E-state index contributed by atoms with van der Waals surface area (Å²) in [6.45, 7) is 3.90. The van der Waals surface area contributed by atoms with Gasteiger partial charge in [0.2, 0.25) is 0 Å². The van der Waals surface area contributed by atoms with Gasteiger partial charge in [0.25, 0.3) is 0 Å². The summed E-state index contributed by atoms with van der Waals surface area (Å²) >= 11 is 11.8. The third-order valence-corrected chi connectivity index (χ3v) is 4.20. The van der Waals surface area contributed by atoms with Crippen molar-refractivity contribution in [1.29, 1.82) is 0 Å². The third-order valence-electron chi connectivity index (χ3n) is 3.69. The molecule has 5 heteroatoms. The number of aromatic hydroxyl groups is 1. The van der Waals surface area contributed by atoms with E-state index in [-0.39, 0.29) is 5.75 Å². The Bertz CT molecular complexity index is 432. The zero-order chi connectivity index (χ0) is 13.8. The number of nitrogens with one attached hydrogen (secondary N) is 1. The van der Waals surface area contributed by atoms with Crippen LogP contribution in [0.3, 0.4) is 0 Å². The van der Waals surface area contributed by atoms with Crippen LogP contribution in [0.15, 0.2) is 12.1 Å². The molecular formula is C14H20Cl2N2O. The minimum atomic E-state index is 0.127. The molecule has 1 aromatic rings. The standard InChI is InChI=1S/C14H20Cl2N2O/c1-18-4-2-10(3-5-18)8-17-9-11-6-12(15)7-13(16)14(11)19/h6-7,10,17,19H,2-5,8-9H2,1H3. The van der Waals surface area contributed by atoms with Gasteiger partial charge in [-0.05, 0) is 57.6 Å². The van der Waals surface area contributed by atoms with Crippen LogP contribution in [0.1, 0.15) is 18.4 Å². The highest BCUT2D eigenvalue weighted by atomic mass is 35.5. The quantitative estimate of drug-likeness (QED) is 0.897. The number of phenols is 1. The smallest absolute Gasteiger partial charge is 0.138 e. The molecule has 2 N–H and O–H groups in total. The van der Waals surface area contributed by atoms with Gasteiger partial charge < -0.3 is 15.3 Å². The summed E-state index contributed by atoms with van der Waals surface area (Å²) < 4.78 is 0. The molecule has 0 atom stereocenters. The molecule has 106 valence electrons. The van der Waals surface area contributed by atoms with Crippen molar-refractivity contribution in [3.05, 3.63) is 27.7 Å². The lowest BCUT2D eigenvalue weighted by atomic mass is 9.97. The first-order valence-electron chi connectivity index (χ1n) is 6.62. The monoisotopic (exact) mass is 302 g/mol. The van der Waals surface area contributed by atoms with Gasteiger partial charge in [-0.25, -0.2) is 0 Å². The van der Waals surface area contributed by atoms with Crippen molar-refractivity contribution in [1.82, 2.24) is 10.2 Å². The van der Waals surface area contributed by atoms with Gasteiger partial charge in [0.15, 0.2) is 0 Å². The van der Waals surface area contributed by atoms with E-state index in [9.17, 15) is 5.11 Å². The number of phenolic OH excluding ortho intramolecular Hbond substituents is 1. The average molecular weight is 303 g/mol. The maximum atomic E-state index is 9.86. The van der Waals surface area contributed by atoms with Crippen LogP contribution < -0.4 is 5.32 Å². The van der Waals surface area contributed by atoms with E-state index in [0.717, 1.165) is 12.1 Å². The van der Waals surface area contributed by atoms with Gasteiger partial charge in [-0.15, -0.1) is 0 Å². The molecule has 0 bridgehead atoms. The van der Waals surface area contributed by atoms with Crippen molar-refractivity contribution >= 4 is 23.2 Å². The molecule has 0 aliphatic carbocycles. The molecule has 0 spiro atoms. The number of nitrogens with zero attached hydrogens (tertiary/aromatic N) is 1. The van der Waals surface area contributed by atoms with E-state index in [2.05, 4.69) is 17.3 Å². The number of hydrogen-bond acceptors (Lipinski definition) is 3. The molecule has 0 aromatic heterocycles. The van der Waals surface area contributed by atoms with Gasteiger partial charge in [0.1, 0.15) is 5.75 Å². The topological polar surface area (TPSA) is 35.5 Å². The second kappa shape index (κ2) is 6.80. The molecule has 0 unspecified atom stereocenters. The van der Waals surface area contributed by atoms with Crippen molar-refractivity contribution in [3.8, 4) is 5.75 Å². The molecule has 2 rings (SSSR count). The van der Waals surface area contributed by atoms with E-state index >= 15 is 0 Å². The largest absolute Gasteiger partial charge is 0.506 e. The van der Waals surface area contributed by atoms with Crippen LogP contribution in [-0.2, 0) is 6.54 Å². The van der Waals surface area contributed by atoms with Crippen LogP contribution in [0.4, 0.5) is 0 Å². The van der Waals surface area contributed by atoms with Crippen molar-refractivity contribution in [2.75, 3.05) is 26.7 Å². The van der Waals surface area contributed by atoms with Gasteiger partial charge >= 0.3 is 0 Å². The summed E-state index contributed by atoms with van der Waals surface area (Å²) in [7, 11) is 2.16. The molecule has 19 heavy (non-hydrogen) atoms. The molecule has 3 nitrogen and oxygen atoms in total. The molecule has 1 aliphatic heterocycles. The van der Waals surface area contributed by atoms with Gasteiger partial charge in [-0.3, -0.25) is 0 Å². The fraction of sp³-hybridized carbons (Fsp3) is 0.571. The van der Waals surface area contributed by atoms with Crippen LogP contribution in [-0.4, -0.2) is 36.7 Å². The number of rotatable bonds is 4. The molecular weight excluding hydrogens is 283 g/mol. The number of benzene rings is 1. The maximum absolute atomic E-state index is 9.86. The highest BCUT2D eigenvalue weighted by molar-refractivity contribution is 6.35. The summed E-state index contributed by atoms with van der Waals surface area (Å²) in [6.07, 6.45) is 2.46. The number of piperidine rings is 1. The number of halogens is 2. The first-order valence-corrected chi connectivity index (χ1v) is 7.38. The van der Waals surface area contributed by atoms with E-state index < -0.39 is 0 Å². The van der Waals surface area contributed by atoms with Crippen molar-refractivity contribution in [2.24, 2.45) is 5.92 Å². The van der Waals surface area contributed by atoms with Gasteiger partial charge in [0, 0.05) is 17.1 Å². The van der Waals surface area contributed by atoms with Gasteiger partial charge in [-0.2, -0.15) is 0 Å². The third kappa shape index (κ3) is 4.25. The summed E-state index contributed by atoms with van der Waals surface area (Å²) in [5, 5.41) is 14.1. The Morgan fingerprint density at radius 2 is 2.00 bits per heavy atom. The van der Waals surface area contributed by atoms with E-state index in [1.807, 2.05) is 0 Å².